The van der Waals surface area contributed by atoms with Gasteiger partial charge in [0.15, 0.2) is 0 Å². The van der Waals surface area contributed by atoms with Crippen molar-refractivity contribution in [3.05, 3.63) is 5.82 Å². The molecule has 1 aromatic rings. The maximum Gasteiger partial charge on any atom is 0.244 e. The van der Waals surface area contributed by atoms with E-state index < -0.39 is 0 Å². The number of aromatic amines is 1. The number of anilines is 1. The van der Waals surface area contributed by atoms with E-state index in [1.807, 2.05) is 0 Å². The van der Waals surface area contributed by atoms with Crippen molar-refractivity contribution in [1.29, 1.82) is 0 Å². The minimum atomic E-state index is 0.410. The van der Waals surface area contributed by atoms with Crippen LogP contribution in [0.25, 0.3) is 0 Å². The highest BCUT2D eigenvalue weighted by Crippen LogP contribution is 2.57. The topological polar surface area (TPSA) is 56.8 Å². The number of piperazine rings is 1. The van der Waals surface area contributed by atoms with Gasteiger partial charge in [-0.3, -0.25) is 5.10 Å². The molecular weight excluding hydrogens is 214 g/mol. The standard InChI is InChI=1S/C12H21N5/c1-8-7-17(5-4-13-8)11-14-10(15-16-11)9-6-12(9,2)3/h8-9,13H,4-7H2,1-3H3,(H,14,15,16). The van der Waals surface area contributed by atoms with Crippen molar-refractivity contribution in [2.75, 3.05) is 24.5 Å². The third kappa shape index (κ3) is 2.04. The van der Waals surface area contributed by atoms with Crippen LogP contribution in [0.5, 0.6) is 0 Å². The molecule has 1 saturated heterocycles. The highest BCUT2D eigenvalue weighted by molar-refractivity contribution is 5.32. The maximum absolute atomic E-state index is 4.66. The molecule has 2 atom stereocenters. The first-order valence-electron chi connectivity index (χ1n) is 6.47. The largest absolute Gasteiger partial charge is 0.337 e. The van der Waals surface area contributed by atoms with Crippen LogP contribution in [-0.4, -0.2) is 40.9 Å². The van der Waals surface area contributed by atoms with Crippen LogP contribution in [0.2, 0.25) is 0 Å². The quantitative estimate of drug-likeness (QED) is 0.806. The van der Waals surface area contributed by atoms with Gasteiger partial charge in [-0.15, -0.1) is 5.10 Å². The smallest absolute Gasteiger partial charge is 0.244 e. The fraction of sp³-hybridized carbons (Fsp3) is 0.833. The maximum atomic E-state index is 4.66. The summed E-state index contributed by atoms with van der Waals surface area (Å²) in [5.41, 5.74) is 0.410. The summed E-state index contributed by atoms with van der Waals surface area (Å²) in [4.78, 5) is 6.92. The summed E-state index contributed by atoms with van der Waals surface area (Å²) in [6.07, 6.45) is 1.22. The Morgan fingerprint density at radius 2 is 2.18 bits per heavy atom. The molecule has 2 heterocycles. The monoisotopic (exact) mass is 235 g/mol. The predicted molar refractivity (Wildman–Crippen MR) is 67.2 cm³/mol. The molecule has 17 heavy (non-hydrogen) atoms. The van der Waals surface area contributed by atoms with E-state index in [-0.39, 0.29) is 0 Å². The van der Waals surface area contributed by atoms with Crippen LogP contribution in [0.3, 0.4) is 0 Å². The Bertz CT molecular complexity index is 411. The van der Waals surface area contributed by atoms with Gasteiger partial charge in [0.1, 0.15) is 5.82 Å². The normalized spacial score (nSPS) is 31.6. The van der Waals surface area contributed by atoms with Gasteiger partial charge in [-0.2, -0.15) is 4.98 Å². The molecule has 2 aliphatic rings. The lowest BCUT2D eigenvalue weighted by atomic mass is 10.1. The number of H-pyrrole nitrogens is 1. The summed E-state index contributed by atoms with van der Waals surface area (Å²) < 4.78 is 0. The summed E-state index contributed by atoms with van der Waals surface area (Å²) >= 11 is 0. The number of nitrogens with one attached hydrogen (secondary N) is 2. The van der Waals surface area contributed by atoms with E-state index in [0.29, 0.717) is 17.4 Å². The number of hydrogen-bond donors (Lipinski definition) is 2. The number of rotatable bonds is 2. The zero-order chi connectivity index (χ0) is 12.0. The fourth-order valence-corrected chi connectivity index (χ4v) is 2.61. The Morgan fingerprint density at radius 1 is 1.41 bits per heavy atom. The average molecular weight is 235 g/mol. The molecule has 2 fully saturated rings. The van der Waals surface area contributed by atoms with Crippen molar-refractivity contribution in [1.82, 2.24) is 20.5 Å². The molecule has 3 rings (SSSR count). The molecule has 1 aromatic heterocycles. The second kappa shape index (κ2) is 3.70. The lowest BCUT2D eigenvalue weighted by molar-refractivity contribution is 0.479. The van der Waals surface area contributed by atoms with Crippen molar-refractivity contribution < 1.29 is 0 Å². The zero-order valence-electron chi connectivity index (χ0n) is 10.8. The molecular formula is C12H21N5. The van der Waals surface area contributed by atoms with Crippen LogP contribution in [0.15, 0.2) is 0 Å². The molecule has 0 amide bonds. The molecule has 5 nitrogen and oxygen atoms in total. The predicted octanol–water partition coefficient (Wildman–Crippen LogP) is 1.12. The van der Waals surface area contributed by atoms with Gasteiger partial charge in [-0.05, 0) is 18.8 Å². The summed E-state index contributed by atoms with van der Waals surface area (Å²) in [5.74, 6) is 2.51. The zero-order valence-corrected chi connectivity index (χ0v) is 10.8. The first-order chi connectivity index (χ1) is 8.06. The van der Waals surface area contributed by atoms with Gasteiger partial charge in [0.2, 0.25) is 5.95 Å². The second-order valence-corrected chi connectivity index (χ2v) is 6.07. The van der Waals surface area contributed by atoms with Gasteiger partial charge in [0, 0.05) is 31.6 Å². The van der Waals surface area contributed by atoms with Crippen LogP contribution >= 0.6 is 0 Å². The Balaban J connectivity index is 1.72. The van der Waals surface area contributed by atoms with E-state index in [1.54, 1.807) is 0 Å². The molecule has 1 aliphatic heterocycles. The molecule has 1 saturated carbocycles. The summed E-state index contributed by atoms with van der Waals surface area (Å²) in [6, 6.07) is 0.517. The third-order valence-electron chi connectivity index (χ3n) is 3.99. The van der Waals surface area contributed by atoms with E-state index in [1.165, 1.54) is 6.42 Å². The Hall–Kier alpha value is -1.10. The highest BCUT2D eigenvalue weighted by atomic mass is 15.4. The van der Waals surface area contributed by atoms with Crippen molar-refractivity contribution in [3.8, 4) is 0 Å². The SMILES string of the molecule is CC1CN(c2n[nH]c(C3CC3(C)C)n2)CCN1. The van der Waals surface area contributed by atoms with Crippen LogP contribution in [0.1, 0.15) is 38.9 Å². The molecule has 2 unspecified atom stereocenters. The van der Waals surface area contributed by atoms with E-state index in [0.717, 1.165) is 31.4 Å². The van der Waals surface area contributed by atoms with E-state index in [9.17, 15) is 0 Å². The number of nitrogens with zero attached hydrogens (tertiary/aromatic N) is 3. The summed E-state index contributed by atoms with van der Waals surface area (Å²) in [6.45, 7) is 9.77. The van der Waals surface area contributed by atoms with E-state index in [4.69, 9.17) is 0 Å². The first kappa shape index (κ1) is 11.0. The van der Waals surface area contributed by atoms with Gasteiger partial charge < -0.3 is 10.2 Å². The van der Waals surface area contributed by atoms with Gasteiger partial charge in [-0.1, -0.05) is 13.8 Å². The van der Waals surface area contributed by atoms with Crippen molar-refractivity contribution in [3.63, 3.8) is 0 Å². The van der Waals surface area contributed by atoms with E-state index in [2.05, 4.69) is 46.2 Å². The minimum Gasteiger partial charge on any atom is -0.337 e. The van der Waals surface area contributed by atoms with Gasteiger partial charge in [-0.25, -0.2) is 0 Å². The fourth-order valence-electron chi connectivity index (χ4n) is 2.61. The van der Waals surface area contributed by atoms with Gasteiger partial charge >= 0.3 is 0 Å². The molecule has 1 aliphatic carbocycles. The van der Waals surface area contributed by atoms with Gasteiger partial charge in [0.05, 0.1) is 0 Å². The average Bonchev–Trinajstić information content (AvgIpc) is 2.76. The lowest BCUT2D eigenvalue weighted by Crippen LogP contribution is -2.49. The van der Waals surface area contributed by atoms with E-state index >= 15 is 0 Å². The first-order valence-corrected chi connectivity index (χ1v) is 6.47. The molecule has 0 aromatic carbocycles. The third-order valence-corrected chi connectivity index (χ3v) is 3.99. The van der Waals surface area contributed by atoms with Gasteiger partial charge in [0.25, 0.3) is 0 Å². The lowest BCUT2D eigenvalue weighted by Gasteiger charge is -2.30. The van der Waals surface area contributed by atoms with Crippen molar-refractivity contribution in [2.24, 2.45) is 5.41 Å². The van der Waals surface area contributed by atoms with Crippen molar-refractivity contribution in [2.45, 2.75) is 39.2 Å². The Morgan fingerprint density at radius 3 is 2.82 bits per heavy atom. The molecule has 0 bridgehead atoms. The Kier molecular flexibility index (Phi) is 2.40. The van der Waals surface area contributed by atoms with Crippen LogP contribution in [-0.2, 0) is 0 Å². The Labute approximate surface area is 102 Å². The molecule has 0 spiro atoms. The molecule has 5 heteroatoms. The van der Waals surface area contributed by atoms with Crippen LogP contribution in [0, 0.1) is 5.41 Å². The summed E-state index contributed by atoms with van der Waals surface area (Å²) in [7, 11) is 0. The number of aromatic nitrogens is 3. The minimum absolute atomic E-state index is 0.410. The second-order valence-electron chi connectivity index (χ2n) is 6.07. The number of hydrogen-bond acceptors (Lipinski definition) is 4. The molecule has 0 radical (unpaired) electrons. The molecule has 2 N–H and O–H groups in total. The summed E-state index contributed by atoms with van der Waals surface area (Å²) in [5, 5.41) is 10.9. The molecule has 94 valence electrons. The highest BCUT2D eigenvalue weighted by Gasteiger charge is 2.48. The van der Waals surface area contributed by atoms with Crippen molar-refractivity contribution >= 4 is 5.95 Å². The van der Waals surface area contributed by atoms with Crippen LogP contribution < -0.4 is 10.2 Å². The van der Waals surface area contributed by atoms with Crippen LogP contribution in [0.4, 0.5) is 5.95 Å².